The number of aryl methyl sites for hydroxylation is 1. The van der Waals surface area contributed by atoms with Gasteiger partial charge in [0, 0.05) is 8.95 Å². The SMILES string of the molecule is Cc1cc(C(=O)O)c(Br)c(C)c1Br. The third kappa shape index (κ3) is 1.94. The molecule has 0 saturated heterocycles. The van der Waals surface area contributed by atoms with Crippen molar-refractivity contribution in [2.45, 2.75) is 13.8 Å². The van der Waals surface area contributed by atoms with Crippen LogP contribution in [0.1, 0.15) is 21.5 Å². The average Bonchev–Trinajstić information content (AvgIpc) is 2.07. The Morgan fingerprint density at radius 2 is 1.85 bits per heavy atom. The normalized spacial score (nSPS) is 10.2. The van der Waals surface area contributed by atoms with Gasteiger partial charge in [0.2, 0.25) is 0 Å². The van der Waals surface area contributed by atoms with Gasteiger partial charge in [-0.15, -0.1) is 0 Å². The molecule has 2 nitrogen and oxygen atoms in total. The molecule has 1 rings (SSSR count). The monoisotopic (exact) mass is 306 g/mol. The van der Waals surface area contributed by atoms with Gasteiger partial charge in [0.15, 0.2) is 0 Å². The van der Waals surface area contributed by atoms with E-state index < -0.39 is 5.97 Å². The Balaban J connectivity index is 3.50. The molecule has 0 bridgehead atoms. The minimum Gasteiger partial charge on any atom is -0.478 e. The smallest absolute Gasteiger partial charge is 0.336 e. The van der Waals surface area contributed by atoms with Crippen LogP contribution in [0, 0.1) is 13.8 Å². The zero-order chi connectivity index (χ0) is 10.2. The Hall–Kier alpha value is -0.350. The minimum absolute atomic E-state index is 0.304. The van der Waals surface area contributed by atoms with Crippen LogP contribution in [-0.4, -0.2) is 11.1 Å². The van der Waals surface area contributed by atoms with Gasteiger partial charge >= 0.3 is 5.97 Å². The third-order valence-electron chi connectivity index (χ3n) is 1.83. The fourth-order valence-electron chi connectivity index (χ4n) is 1.09. The van der Waals surface area contributed by atoms with Crippen LogP contribution >= 0.6 is 31.9 Å². The van der Waals surface area contributed by atoms with Crippen molar-refractivity contribution in [3.63, 3.8) is 0 Å². The van der Waals surface area contributed by atoms with Crippen LogP contribution in [0.25, 0.3) is 0 Å². The summed E-state index contributed by atoms with van der Waals surface area (Å²) in [6.07, 6.45) is 0. The van der Waals surface area contributed by atoms with E-state index in [-0.39, 0.29) is 0 Å². The second kappa shape index (κ2) is 3.80. The summed E-state index contributed by atoms with van der Waals surface area (Å²) in [5, 5.41) is 8.86. The number of carbonyl (C=O) groups is 1. The minimum atomic E-state index is -0.912. The lowest BCUT2D eigenvalue weighted by molar-refractivity contribution is 0.0695. The molecule has 13 heavy (non-hydrogen) atoms. The van der Waals surface area contributed by atoms with Gasteiger partial charge in [0.1, 0.15) is 0 Å². The highest BCUT2D eigenvalue weighted by molar-refractivity contribution is 9.11. The van der Waals surface area contributed by atoms with Gasteiger partial charge in [-0.1, -0.05) is 15.9 Å². The summed E-state index contributed by atoms with van der Waals surface area (Å²) in [5.41, 5.74) is 2.15. The molecule has 1 aromatic carbocycles. The van der Waals surface area contributed by atoms with E-state index in [4.69, 9.17) is 5.11 Å². The molecule has 0 aliphatic carbocycles. The molecule has 0 aromatic heterocycles. The van der Waals surface area contributed by atoms with E-state index in [0.29, 0.717) is 10.0 Å². The Morgan fingerprint density at radius 3 is 2.31 bits per heavy atom. The number of halogens is 2. The quantitative estimate of drug-likeness (QED) is 0.862. The molecule has 1 aromatic rings. The Kier molecular flexibility index (Phi) is 3.14. The van der Waals surface area contributed by atoms with Gasteiger partial charge in [-0.25, -0.2) is 4.79 Å². The molecule has 1 N–H and O–H groups in total. The first-order chi connectivity index (χ1) is 5.95. The fourth-order valence-corrected chi connectivity index (χ4v) is 2.15. The summed E-state index contributed by atoms with van der Waals surface area (Å²) in [6, 6.07) is 1.64. The lowest BCUT2D eigenvalue weighted by Gasteiger charge is -2.08. The standard InChI is InChI=1S/C9H8Br2O2/c1-4-3-6(9(12)13)8(11)5(2)7(4)10/h3H,1-2H3,(H,12,13). The first-order valence-electron chi connectivity index (χ1n) is 3.63. The van der Waals surface area contributed by atoms with E-state index in [2.05, 4.69) is 31.9 Å². The van der Waals surface area contributed by atoms with Gasteiger partial charge in [-0.2, -0.15) is 0 Å². The van der Waals surface area contributed by atoms with Crippen LogP contribution in [0.3, 0.4) is 0 Å². The fraction of sp³-hybridized carbons (Fsp3) is 0.222. The van der Waals surface area contributed by atoms with Gasteiger partial charge in [-0.05, 0) is 47.0 Å². The average molecular weight is 308 g/mol. The van der Waals surface area contributed by atoms with E-state index >= 15 is 0 Å². The second-order valence-corrected chi connectivity index (χ2v) is 4.39. The summed E-state index contributed by atoms with van der Waals surface area (Å²) in [6.45, 7) is 3.74. The number of rotatable bonds is 1. The van der Waals surface area contributed by atoms with Gasteiger partial charge in [0.25, 0.3) is 0 Å². The number of carboxylic acids is 1. The summed E-state index contributed by atoms with van der Waals surface area (Å²) in [5.74, 6) is -0.912. The van der Waals surface area contributed by atoms with Crippen molar-refractivity contribution in [2.75, 3.05) is 0 Å². The van der Waals surface area contributed by atoms with Crippen molar-refractivity contribution in [1.82, 2.24) is 0 Å². The summed E-state index contributed by atoms with van der Waals surface area (Å²) in [7, 11) is 0. The molecule has 0 heterocycles. The molecule has 0 aliphatic rings. The molecular weight excluding hydrogens is 300 g/mol. The van der Waals surface area contributed by atoms with Crippen LogP contribution in [0.15, 0.2) is 15.0 Å². The largest absolute Gasteiger partial charge is 0.478 e. The first-order valence-corrected chi connectivity index (χ1v) is 5.22. The molecular formula is C9H8Br2O2. The summed E-state index contributed by atoms with van der Waals surface area (Å²) >= 11 is 6.65. The number of aromatic carboxylic acids is 1. The van der Waals surface area contributed by atoms with Crippen LogP contribution in [-0.2, 0) is 0 Å². The predicted octanol–water partition coefficient (Wildman–Crippen LogP) is 3.53. The maximum Gasteiger partial charge on any atom is 0.336 e. The lowest BCUT2D eigenvalue weighted by Crippen LogP contribution is -2.00. The highest BCUT2D eigenvalue weighted by Crippen LogP contribution is 2.30. The highest BCUT2D eigenvalue weighted by Gasteiger charge is 2.13. The van der Waals surface area contributed by atoms with Crippen LogP contribution in [0.4, 0.5) is 0 Å². The summed E-state index contributed by atoms with van der Waals surface area (Å²) < 4.78 is 1.59. The van der Waals surface area contributed by atoms with Crippen molar-refractivity contribution < 1.29 is 9.90 Å². The number of hydrogen-bond acceptors (Lipinski definition) is 1. The third-order valence-corrected chi connectivity index (χ3v) is 4.07. The maximum absolute atomic E-state index is 10.8. The van der Waals surface area contributed by atoms with E-state index in [1.54, 1.807) is 6.07 Å². The molecule has 0 spiro atoms. The molecule has 0 atom stereocenters. The van der Waals surface area contributed by atoms with Crippen LogP contribution in [0.5, 0.6) is 0 Å². The Morgan fingerprint density at radius 1 is 1.31 bits per heavy atom. The number of hydrogen-bond donors (Lipinski definition) is 1. The Bertz CT molecular complexity index is 372. The van der Waals surface area contributed by atoms with E-state index in [0.717, 1.165) is 15.6 Å². The van der Waals surface area contributed by atoms with Crippen molar-refractivity contribution in [1.29, 1.82) is 0 Å². The van der Waals surface area contributed by atoms with Crippen LogP contribution in [0.2, 0.25) is 0 Å². The molecule has 0 amide bonds. The van der Waals surface area contributed by atoms with E-state index in [1.165, 1.54) is 0 Å². The number of benzene rings is 1. The lowest BCUT2D eigenvalue weighted by atomic mass is 10.1. The molecule has 4 heteroatoms. The molecule has 0 fully saturated rings. The maximum atomic E-state index is 10.8. The molecule has 70 valence electrons. The van der Waals surface area contributed by atoms with E-state index in [9.17, 15) is 4.79 Å². The Labute approximate surface area is 93.2 Å². The van der Waals surface area contributed by atoms with Crippen molar-refractivity contribution in [3.05, 3.63) is 31.7 Å². The van der Waals surface area contributed by atoms with Gasteiger partial charge < -0.3 is 5.11 Å². The molecule has 0 saturated carbocycles. The second-order valence-electron chi connectivity index (χ2n) is 2.80. The van der Waals surface area contributed by atoms with Gasteiger partial charge in [0.05, 0.1) is 5.56 Å². The predicted molar refractivity (Wildman–Crippen MR) is 58.3 cm³/mol. The van der Waals surface area contributed by atoms with Crippen molar-refractivity contribution >= 4 is 37.8 Å². The summed E-state index contributed by atoms with van der Waals surface area (Å²) in [4.78, 5) is 10.8. The van der Waals surface area contributed by atoms with Crippen LogP contribution < -0.4 is 0 Å². The zero-order valence-corrected chi connectivity index (χ0v) is 10.4. The zero-order valence-electron chi connectivity index (χ0n) is 7.19. The topological polar surface area (TPSA) is 37.3 Å². The molecule has 0 aliphatic heterocycles. The van der Waals surface area contributed by atoms with Crippen molar-refractivity contribution in [3.8, 4) is 0 Å². The van der Waals surface area contributed by atoms with E-state index in [1.807, 2.05) is 13.8 Å². The van der Waals surface area contributed by atoms with Gasteiger partial charge in [-0.3, -0.25) is 0 Å². The molecule has 0 unspecified atom stereocenters. The van der Waals surface area contributed by atoms with Crippen molar-refractivity contribution in [2.24, 2.45) is 0 Å². The highest BCUT2D eigenvalue weighted by atomic mass is 79.9. The molecule has 0 radical (unpaired) electrons. The first kappa shape index (κ1) is 10.7. The number of carboxylic acid groups (broad SMARTS) is 1.